The first kappa shape index (κ1) is 13.5. The van der Waals surface area contributed by atoms with Crippen LogP contribution in [0.25, 0.3) is 10.9 Å². The van der Waals surface area contributed by atoms with Gasteiger partial charge in [-0.05, 0) is 24.3 Å². The first-order valence-corrected chi connectivity index (χ1v) is 7.36. The number of hydrogen-bond acceptors (Lipinski definition) is 3. The Morgan fingerprint density at radius 2 is 1.71 bits per heavy atom. The Balaban J connectivity index is 2.10. The molecular formula is C13H9F2N3O2S. The number of sulfonamides is 1. The van der Waals surface area contributed by atoms with Crippen LogP contribution in [-0.4, -0.2) is 18.6 Å². The van der Waals surface area contributed by atoms with E-state index in [2.05, 4.69) is 14.9 Å². The van der Waals surface area contributed by atoms with Crippen LogP contribution >= 0.6 is 0 Å². The van der Waals surface area contributed by atoms with Crippen molar-refractivity contribution >= 4 is 26.6 Å². The van der Waals surface area contributed by atoms with Gasteiger partial charge in [-0.15, -0.1) is 0 Å². The minimum atomic E-state index is -4.39. The molecule has 0 amide bonds. The third-order valence-electron chi connectivity index (χ3n) is 2.92. The van der Waals surface area contributed by atoms with Gasteiger partial charge in [-0.25, -0.2) is 17.2 Å². The van der Waals surface area contributed by atoms with Crippen molar-refractivity contribution < 1.29 is 17.2 Å². The molecule has 0 aliphatic rings. The fraction of sp³-hybridized carbons (Fsp3) is 0. The molecule has 2 aromatic carbocycles. The molecule has 0 bridgehead atoms. The zero-order valence-corrected chi connectivity index (χ0v) is 11.3. The topological polar surface area (TPSA) is 74.8 Å². The van der Waals surface area contributed by atoms with E-state index in [4.69, 9.17) is 0 Å². The van der Waals surface area contributed by atoms with Crippen molar-refractivity contribution in [3.8, 4) is 0 Å². The SMILES string of the molecule is O=S(=O)(Nc1cccc2[nH]ncc12)c1c(F)cccc1F. The highest BCUT2D eigenvalue weighted by molar-refractivity contribution is 7.92. The highest BCUT2D eigenvalue weighted by Crippen LogP contribution is 2.26. The van der Waals surface area contributed by atoms with E-state index in [1.165, 1.54) is 12.3 Å². The molecule has 0 spiro atoms. The molecule has 0 unspecified atom stereocenters. The number of H-pyrrole nitrogens is 1. The van der Waals surface area contributed by atoms with Crippen molar-refractivity contribution in [3.63, 3.8) is 0 Å². The Labute approximate surface area is 118 Å². The molecule has 3 aromatic rings. The van der Waals surface area contributed by atoms with E-state index in [9.17, 15) is 17.2 Å². The summed E-state index contributed by atoms with van der Waals surface area (Å²) in [4.78, 5) is -1.01. The molecule has 0 saturated carbocycles. The number of aromatic nitrogens is 2. The highest BCUT2D eigenvalue weighted by Gasteiger charge is 2.24. The average molecular weight is 309 g/mol. The number of hydrogen-bond donors (Lipinski definition) is 2. The van der Waals surface area contributed by atoms with Gasteiger partial charge in [0.15, 0.2) is 4.90 Å². The summed E-state index contributed by atoms with van der Waals surface area (Å²) in [6, 6.07) is 7.64. The zero-order chi connectivity index (χ0) is 15.0. The number of anilines is 1. The fourth-order valence-electron chi connectivity index (χ4n) is 1.99. The van der Waals surface area contributed by atoms with E-state index in [1.807, 2.05) is 0 Å². The molecule has 8 heteroatoms. The predicted molar refractivity (Wildman–Crippen MR) is 73.3 cm³/mol. The second kappa shape index (κ2) is 4.81. The van der Waals surface area contributed by atoms with E-state index < -0.39 is 26.6 Å². The van der Waals surface area contributed by atoms with Crippen molar-refractivity contribution in [1.82, 2.24) is 10.2 Å². The molecule has 1 aromatic heterocycles. The smallest absolute Gasteiger partial charge is 0.267 e. The van der Waals surface area contributed by atoms with Crippen LogP contribution in [0.3, 0.4) is 0 Å². The van der Waals surface area contributed by atoms with Gasteiger partial charge in [0.2, 0.25) is 0 Å². The molecule has 0 radical (unpaired) electrons. The number of nitrogens with one attached hydrogen (secondary N) is 2. The average Bonchev–Trinajstić information content (AvgIpc) is 2.87. The van der Waals surface area contributed by atoms with Gasteiger partial charge in [0.1, 0.15) is 11.6 Å². The van der Waals surface area contributed by atoms with Crippen LogP contribution in [-0.2, 0) is 10.0 Å². The van der Waals surface area contributed by atoms with Crippen LogP contribution in [0.15, 0.2) is 47.5 Å². The van der Waals surface area contributed by atoms with E-state index >= 15 is 0 Å². The Kier molecular flexibility index (Phi) is 3.09. The van der Waals surface area contributed by atoms with Gasteiger partial charge in [0, 0.05) is 5.39 Å². The van der Waals surface area contributed by atoms with Gasteiger partial charge >= 0.3 is 0 Å². The maximum absolute atomic E-state index is 13.6. The van der Waals surface area contributed by atoms with Crippen LogP contribution in [0, 0.1) is 11.6 Å². The predicted octanol–water partition coefficient (Wildman–Crippen LogP) is 2.64. The van der Waals surface area contributed by atoms with E-state index in [1.54, 1.807) is 12.1 Å². The summed E-state index contributed by atoms with van der Waals surface area (Å²) in [5.74, 6) is -2.30. The molecule has 3 rings (SSSR count). The number of rotatable bonds is 3. The Morgan fingerprint density at radius 3 is 2.43 bits per heavy atom. The van der Waals surface area contributed by atoms with Crippen LogP contribution in [0.5, 0.6) is 0 Å². The largest absolute Gasteiger partial charge is 0.279 e. The maximum atomic E-state index is 13.6. The number of fused-ring (bicyclic) bond motifs is 1. The van der Waals surface area contributed by atoms with Crippen LogP contribution < -0.4 is 4.72 Å². The molecule has 0 aliphatic heterocycles. The minimum absolute atomic E-state index is 0.184. The number of aromatic amines is 1. The van der Waals surface area contributed by atoms with E-state index in [0.29, 0.717) is 10.9 Å². The van der Waals surface area contributed by atoms with Crippen molar-refractivity contribution in [2.75, 3.05) is 4.72 Å². The maximum Gasteiger partial charge on any atom is 0.267 e. The molecule has 21 heavy (non-hydrogen) atoms. The summed E-state index contributed by atoms with van der Waals surface area (Å²) >= 11 is 0. The van der Waals surface area contributed by atoms with Crippen molar-refractivity contribution in [2.24, 2.45) is 0 Å². The minimum Gasteiger partial charge on any atom is -0.279 e. The summed E-state index contributed by atoms with van der Waals surface area (Å²) in [5.41, 5.74) is 0.785. The van der Waals surface area contributed by atoms with Gasteiger partial charge < -0.3 is 0 Å². The van der Waals surface area contributed by atoms with Crippen molar-refractivity contribution in [2.45, 2.75) is 4.90 Å². The molecule has 0 saturated heterocycles. The molecule has 0 aliphatic carbocycles. The molecule has 0 fully saturated rings. The number of halogens is 2. The second-order valence-electron chi connectivity index (χ2n) is 4.29. The lowest BCUT2D eigenvalue weighted by atomic mass is 10.2. The molecule has 1 heterocycles. The fourth-order valence-corrected chi connectivity index (χ4v) is 3.21. The van der Waals surface area contributed by atoms with Gasteiger partial charge in [-0.1, -0.05) is 12.1 Å². The summed E-state index contributed by atoms with van der Waals surface area (Å²) in [7, 11) is -4.39. The number of nitrogens with zero attached hydrogens (tertiary/aromatic N) is 1. The van der Waals surface area contributed by atoms with Gasteiger partial charge in [-0.2, -0.15) is 5.10 Å². The lowest BCUT2D eigenvalue weighted by molar-refractivity contribution is 0.521. The zero-order valence-electron chi connectivity index (χ0n) is 10.5. The monoisotopic (exact) mass is 309 g/mol. The van der Waals surface area contributed by atoms with Gasteiger partial charge in [-0.3, -0.25) is 9.82 Å². The normalized spacial score (nSPS) is 11.7. The van der Waals surface area contributed by atoms with Gasteiger partial charge in [0.25, 0.3) is 10.0 Å². The lowest BCUT2D eigenvalue weighted by Crippen LogP contribution is -2.16. The van der Waals surface area contributed by atoms with E-state index in [-0.39, 0.29) is 5.69 Å². The third kappa shape index (κ3) is 2.33. The first-order chi connectivity index (χ1) is 9.99. The molecule has 0 atom stereocenters. The molecule has 108 valence electrons. The quantitative estimate of drug-likeness (QED) is 0.781. The second-order valence-corrected chi connectivity index (χ2v) is 5.91. The van der Waals surface area contributed by atoms with Gasteiger partial charge in [0.05, 0.1) is 17.4 Å². The summed E-state index contributed by atoms with van der Waals surface area (Å²) < 4.78 is 53.8. The summed E-state index contributed by atoms with van der Waals surface area (Å²) in [6.07, 6.45) is 1.42. The Morgan fingerprint density at radius 1 is 1.05 bits per heavy atom. The Bertz CT molecular complexity index is 902. The first-order valence-electron chi connectivity index (χ1n) is 5.88. The summed E-state index contributed by atoms with van der Waals surface area (Å²) in [5, 5.41) is 6.97. The molecule has 2 N–H and O–H groups in total. The van der Waals surface area contributed by atoms with E-state index in [0.717, 1.165) is 18.2 Å². The standard InChI is InChI=1S/C13H9F2N3O2S/c14-9-3-1-4-10(15)13(9)21(19,20)18-12-6-2-5-11-8(12)7-16-17-11/h1-7,18H,(H,16,17). The van der Waals surface area contributed by atoms with Crippen molar-refractivity contribution in [1.29, 1.82) is 0 Å². The number of benzene rings is 2. The summed E-state index contributed by atoms with van der Waals surface area (Å²) in [6.45, 7) is 0. The highest BCUT2D eigenvalue weighted by atomic mass is 32.2. The van der Waals surface area contributed by atoms with Crippen LogP contribution in [0.4, 0.5) is 14.5 Å². The Hall–Kier alpha value is -2.48. The van der Waals surface area contributed by atoms with Crippen LogP contribution in [0.1, 0.15) is 0 Å². The third-order valence-corrected chi connectivity index (χ3v) is 4.33. The molecular weight excluding hydrogens is 300 g/mol. The van der Waals surface area contributed by atoms with Crippen molar-refractivity contribution in [3.05, 3.63) is 54.2 Å². The lowest BCUT2D eigenvalue weighted by Gasteiger charge is -2.10. The van der Waals surface area contributed by atoms with Crippen LogP contribution in [0.2, 0.25) is 0 Å². The molecule has 5 nitrogen and oxygen atoms in total.